The molecule has 3 aromatic heterocycles. The van der Waals surface area contributed by atoms with Gasteiger partial charge in [-0.25, -0.2) is 4.98 Å². The Balaban J connectivity index is 2.24. The molecule has 0 bridgehead atoms. The molecule has 0 saturated carbocycles. The summed E-state index contributed by atoms with van der Waals surface area (Å²) < 4.78 is 6.31. The number of aryl methyl sites for hydroxylation is 3. The lowest BCUT2D eigenvalue weighted by molar-refractivity contribution is 0.393. The molecule has 0 aliphatic heterocycles. The minimum Gasteiger partial charge on any atom is -0.361 e. The van der Waals surface area contributed by atoms with Gasteiger partial charge in [0.15, 0.2) is 0 Å². The number of hydrogen-bond donors (Lipinski definition) is 0. The van der Waals surface area contributed by atoms with Crippen LogP contribution in [0, 0.1) is 20.8 Å². The van der Waals surface area contributed by atoms with Crippen LogP contribution in [0.15, 0.2) is 16.8 Å². The van der Waals surface area contributed by atoms with Crippen molar-refractivity contribution in [2.24, 2.45) is 0 Å². The van der Waals surface area contributed by atoms with Crippen molar-refractivity contribution in [3.05, 3.63) is 28.7 Å². The number of fused-ring (bicyclic) bond motifs is 1. The van der Waals surface area contributed by atoms with Gasteiger partial charge in [-0.05, 0) is 26.8 Å². The van der Waals surface area contributed by atoms with Crippen molar-refractivity contribution in [3.63, 3.8) is 0 Å². The van der Waals surface area contributed by atoms with Gasteiger partial charge >= 0.3 is 0 Å². The average Bonchev–Trinajstić information content (AvgIpc) is 2.80. The van der Waals surface area contributed by atoms with Crippen molar-refractivity contribution in [1.82, 2.24) is 15.1 Å². The van der Waals surface area contributed by atoms with Crippen molar-refractivity contribution in [3.8, 4) is 11.3 Å². The number of hydrogen-bond acceptors (Lipinski definition) is 5. The Hall–Kier alpha value is -1.75. The monoisotopic (exact) mass is 245 g/mol. The zero-order valence-electron chi connectivity index (χ0n) is 9.81. The second kappa shape index (κ2) is 3.63. The SMILES string of the molecule is Cc1nc2cnc(-c3c(C)noc3C)cc2s1. The number of nitrogens with zero attached hydrogens (tertiary/aromatic N) is 3. The van der Waals surface area contributed by atoms with Crippen LogP contribution in [0.3, 0.4) is 0 Å². The third kappa shape index (κ3) is 1.63. The Morgan fingerprint density at radius 3 is 2.76 bits per heavy atom. The first-order chi connectivity index (χ1) is 8.15. The van der Waals surface area contributed by atoms with E-state index in [0.29, 0.717) is 0 Å². The van der Waals surface area contributed by atoms with Crippen LogP contribution in [0.1, 0.15) is 16.5 Å². The smallest absolute Gasteiger partial charge is 0.143 e. The number of thiazole rings is 1. The second-order valence-electron chi connectivity index (χ2n) is 3.97. The first kappa shape index (κ1) is 10.4. The van der Waals surface area contributed by atoms with Crippen LogP contribution in [0.4, 0.5) is 0 Å². The molecule has 17 heavy (non-hydrogen) atoms. The topological polar surface area (TPSA) is 51.8 Å². The number of aromatic nitrogens is 3. The maximum absolute atomic E-state index is 5.16. The van der Waals surface area contributed by atoms with Gasteiger partial charge in [0.1, 0.15) is 5.76 Å². The lowest BCUT2D eigenvalue weighted by Crippen LogP contribution is -1.85. The van der Waals surface area contributed by atoms with E-state index in [1.807, 2.05) is 26.8 Å². The molecule has 3 heterocycles. The predicted molar refractivity (Wildman–Crippen MR) is 67.1 cm³/mol. The predicted octanol–water partition coefficient (Wildman–Crippen LogP) is 3.27. The summed E-state index contributed by atoms with van der Waals surface area (Å²) >= 11 is 1.67. The molecule has 4 nitrogen and oxygen atoms in total. The minimum absolute atomic E-state index is 0.801. The van der Waals surface area contributed by atoms with Gasteiger partial charge in [-0.2, -0.15) is 0 Å². The molecule has 5 heteroatoms. The van der Waals surface area contributed by atoms with E-state index in [-0.39, 0.29) is 0 Å². The maximum atomic E-state index is 5.16. The molecule has 0 fully saturated rings. The molecular formula is C12H11N3OS. The summed E-state index contributed by atoms with van der Waals surface area (Å²) in [4.78, 5) is 8.83. The van der Waals surface area contributed by atoms with E-state index in [1.165, 1.54) is 0 Å². The van der Waals surface area contributed by atoms with E-state index < -0.39 is 0 Å². The van der Waals surface area contributed by atoms with E-state index in [1.54, 1.807) is 17.5 Å². The highest BCUT2D eigenvalue weighted by Crippen LogP contribution is 2.29. The number of rotatable bonds is 1. The second-order valence-corrected chi connectivity index (χ2v) is 5.20. The van der Waals surface area contributed by atoms with E-state index in [2.05, 4.69) is 15.1 Å². The molecule has 3 aromatic rings. The zero-order chi connectivity index (χ0) is 12.0. The maximum Gasteiger partial charge on any atom is 0.143 e. The summed E-state index contributed by atoms with van der Waals surface area (Å²) in [6.45, 7) is 5.83. The lowest BCUT2D eigenvalue weighted by atomic mass is 10.1. The Labute approximate surface area is 102 Å². The Morgan fingerprint density at radius 1 is 1.24 bits per heavy atom. The highest BCUT2D eigenvalue weighted by atomic mass is 32.1. The van der Waals surface area contributed by atoms with Gasteiger partial charge in [0.25, 0.3) is 0 Å². The van der Waals surface area contributed by atoms with Crippen LogP contribution in [0.5, 0.6) is 0 Å². The summed E-state index contributed by atoms with van der Waals surface area (Å²) in [5.74, 6) is 0.801. The first-order valence-electron chi connectivity index (χ1n) is 5.31. The highest BCUT2D eigenvalue weighted by Gasteiger charge is 2.13. The van der Waals surface area contributed by atoms with E-state index in [0.717, 1.165) is 37.9 Å². The van der Waals surface area contributed by atoms with Gasteiger partial charge in [0.05, 0.1) is 38.4 Å². The van der Waals surface area contributed by atoms with Crippen LogP contribution in [0.25, 0.3) is 21.5 Å². The summed E-state index contributed by atoms with van der Waals surface area (Å²) in [5.41, 5.74) is 3.70. The quantitative estimate of drug-likeness (QED) is 0.660. The molecular weight excluding hydrogens is 234 g/mol. The fourth-order valence-corrected chi connectivity index (χ4v) is 2.77. The third-order valence-corrected chi connectivity index (χ3v) is 3.60. The standard InChI is InChI=1S/C12H11N3OS/c1-6-12(7(2)16-15-6)9-4-11-10(5-13-9)14-8(3)17-11/h4-5H,1-3H3. The lowest BCUT2D eigenvalue weighted by Gasteiger charge is -1.98. The highest BCUT2D eigenvalue weighted by molar-refractivity contribution is 7.18. The van der Waals surface area contributed by atoms with Gasteiger partial charge in [-0.3, -0.25) is 4.98 Å². The van der Waals surface area contributed by atoms with E-state index in [4.69, 9.17) is 4.52 Å². The molecule has 0 N–H and O–H groups in total. The first-order valence-corrected chi connectivity index (χ1v) is 6.13. The fourth-order valence-electron chi connectivity index (χ4n) is 1.93. The molecule has 0 unspecified atom stereocenters. The van der Waals surface area contributed by atoms with Crippen molar-refractivity contribution in [2.75, 3.05) is 0 Å². The molecule has 0 aliphatic carbocycles. The molecule has 0 saturated heterocycles. The molecule has 0 aromatic carbocycles. The molecule has 86 valence electrons. The molecule has 0 atom stereocenters. The van der Waals surface area contributed by atoms with Crippen molar-refractivity contribution in [2.45, 2.75) is 20.8 Å². The third-order valence-electron chi connectivity index (χ3n) is 2.67. The van der Waals surface area contributed by atoms with Crippen LogP contribution in [0.2, 0.25) is 0 Å². The Bertz CT molecular complexity index is 679. The molecule has 0 aliphatic rings. The summed E-state index contributed by atoms with van der Waals surface area (Å²) in [6, 6.07) is 2.05. The Morgan fingerprint density at radius 2 is 2.06 bits per heavy atom. The number of pyridine rings is 1. The normalized spacial score (nSPS) is 11.2. The van der Waals surface area contributed by atoms with Crippen LogP contribution < -0.4 is 0 Å². The Kier molecular flexibility index (Phi) is 2.22. The largest absolute Gasteiger partial charge is 0.361 e. The van der Waals surface area contributed by atoms with Gasteiger partial charge in [-0.1, -0.05) is 5.16 Å². The van der Waals surface area contributed by atoms with Crippen molar-refractivity contribution < 1.29 is 4.52 Å². The van der Waals surface area contributed by atoms with Crippen LogP contribution >= 0.6 is 11.3 Å². The molecule has 0 spiro atoms. The summed E-state index contributed by atoms with van der Waals surface area (Å²) in [6.07, 6.45) is 1.81. The van der Waals surface area contributed by atoms with Gasteiger partial charge in [0, 0.05) is 0 Å². The minimum atomic E-state index is 0.801. The fraction of sp³-hybridized carbons (Fsp3) is 0.250. The molecule has 0 radical (unpaired) electrons. The summed E-state index contributed by atoms with van der Waals surface area (Å²) in [7, 11) is 0. The zero-order valence-corrected chi connectivity index (χ0v) is 10.6. The van der Waals surface area contributed by atoms with E-state index in [9.17, 15) is 0 Å². The van der Waals surface area contributed by atoms with Gasteiger partial charge in [0.2, 0.25) is 0 Å². The van der Waals surface area contributed by atoms with Crippen molar-refractivity contribution >= 4 is 21.6 Å². The average molecular weight is 245 g/mol. The summed E-state index contributed by atoms with van der Waals surface area (Å²) in [5, 5.41) is 5.00. The van der Waals surface area contributed by atoms with Crippen LogP contribution in [-0.2, 0) is 0 Å². The van der Waals surface area contributed by atoms with Gasteiger partial charge in [-0.15, -0.1) is 11.3 Å². The van der Waals surface area contributed by atoms with Crippen LogP contribution in [-0.4, -0.2) is 15.1 Å². The van der Waals surface area contributed by atoms with Gasteiger partial charge < -0.3 is 4.52 Å². The van der Waals surface area contributed by atoms with E-state index >= 15 is 0 Å². The molecule has 0 amide bonds. The molecule has 3 rings (SSSR count). The van der Waals surface area contributed by atoms with Crippen molar-refractivity contribution in [1.29, 1.82) is 0 Å².